The molecule has 19 heavy (non-hydrogen) atoms. The monoisotopic (exact) mass is 265 g/mol. The first-order valence-corrected chi connectivity index (χ1v) is 6.38. The highest BCUT2D eigenvalue weighted by atomic mass is 16.6. The Labute approximate surface area is 112 Å². The first-order chi connectivity index (χ1) is 9.13. The maximum absolute atomic E-state index is 11.6. The summed E-state index contributed by atoms with van der Waals surface area (Å²) in [5.41, 5.74) is 5.81. The Kier molecular flexibility index (Phi) is 6.52. The highest BCUT2D eigenvalue weighted by Gasteiger charge is 2.07. The Hall–Kier alpha value is -1.95. The van der Waals surface area contributed by atoms with Gasteiger partial charge in [-0.2, -0.15) is 0 Å². The van der Waals surface area contributed by atoms with Crippen molar-refractivity contribution < 1.29 is 9.72 Å². The number of nitro benzene ring substituents is 1. The number of unbranched alkanes of at least 4 members (excludes halogenated alkanes) is 3. The van der Waals surface area contributed by atoms with Crippen molar-refractivity contribution in [3.05, 3.63) is 34.4 Å². The van der Waals surface area contributed by atoms with Crippen LogP contribution in [0.1, 0.15) is 32.1 Å². The molecule has 0 spiro atoms. The van der Waals surface area contributed by atoms with Gasteiger partial charge in [0, 0.05) is 24.2 Å². The van der Waals surface area contributed by atoms with Gasteiger partial charge in [0.2, 0.25) is 5.91 Å². The second-order valence-corrected chi connectivity index (χ2v) is 4.31. The van der Waals surface area contributed by atoms with E-state index in [2.05, 4.69) is 5.32 Å². The van der Waals surface area contributed by atoms with E-state index < -0.39 is 4.92 Å². The number of nitrogens with one attached hydrogen (secondary N) is 1. The predicted molar refractivity (Wildman–Crippen MR) is 73.9 cm³/mol. The third kappa shape index (κ3) is 5.96. The van der Waals surface area contributed by atoms with E-state index in [4.69, 9.17) is 5.73 Å². The zero-order valence-corrected chi connectivity index (χ0v) is 10.8. The molecule has 0 saturated heterocycles. The van der Waals surface area contributed by atoms with Crippen LogP contribution in [-0.2, 0) is 4.79 Å². The standard InChI is InChI=1S/C13H19N3O3/c14-9-4-2-1-3-8-13(17)15-11-6-5-7-12(10-11)16(18)19/h5-7,10H,1-4,8-9,14H2,(H,15,17). The van der Waals surface area contributed by atoms with Crippen LogP contribution >= 0.6 is 0 Å². The van der Waals surface area contributed by atoms with E-state index in [1.807, 2.05) is 0 Å². The molecule has 0 aliphatic carbocycles. The summed E-state index contributed by atoms with van der Waals surface area (Å²) in [4.78, 5) is 21.7. The van der Waals surface area contributed by atoms with E-state index in [9.17, 15) is 14.9 Å². The van der Waals surface area contributed by atoms with Gasteiger partial charge >= 0.3 is 0 Å². The molecule has 0 aliphatic heterocycles. The van der Waals surface area contributed by atoms with Crippen LogP contribution in [0.25, 0.3) is 0 Å². The molecule has 0 fully saturated rings. The van der Waals surface area contributed by atoms with Crippen molar-refractivity contribution in [3.63, 3.8) is 0 Å². The summed E-state index contributed by atoms with van der Waals surface area (Å²) in [6.45, 7) is 0.680. The molecule has 104 valence electrons. The lowest BCUT2D eigenvalue weighted by molar-refractivity contribution is -0.384. The highest BCUT2D eigenvalue weighted by Crippen LogP contribution is 2.17. The van der Waals surface area contributed by atoms with Crippen LogP contribution in [0.5, 0.6) is 0 Å². The number of anilines is 1. The lowest BCUT2D eigenvalue weighted by Crippen LogP contribution is -2.11. The molecule has 1 amide bonds. The number of nitrogens with two attached hydrogens (primary N) is 1. The topological polar surface area (TPSA) is 98.3 Å². The van der Waals surface area contributed by atoms with Gasteiger partial charge in [0.25, 0.3) is 5.69 Å². The fraction of sp³-hybridized carbons (Fsp3) is 0.462. The normalized spacial score (nSPS) is 10.2. The number of benzene rings is 1. The minimum absolute atomic E-state index is 0.0271. The fourth-order valence-electron chi connectivity index (χ4n) is 1.70. The molecule has 6 nitrogen and oxygen atoms in total. The number of carbonyl (C=O) groups excluding carboxylic acids is 1. The maximum atomic E-state index is 11.6. The van der Waals surface area contributed by atoms with E-state index in [1.54, 1.807) is 12.1 Å². The summed E-state index contributed by atoms with van der Waals surface area (Å²) < 4.78 is 0. The van der Waals surface area contributed by atoms with E-state index in [0.717, 1.165) is 25.7 Å². The zero-order chi connectivity index (χ0) is 14.1. The Balaban J connectivity index is 2.35. The molecule has 1 aromatic carbocycles. The summed E-state index contributed by atoms with van der Waals surface area (Å²) in [6.07, 6.45) is 4.21. The Morgan fingerprint density at radius 3 is 2.68 bits per heavy atom. The van der Waals surface area contributed by atoms with Gasteiger partial charge < -0.3 is 11.1 Å². The summed E-state index contributed by atoms with van der Waals surface area (Å²) >= 11 is 0. The van der Waals surface area contributed by atoms with Crippen LogP contribution in [0.4, 0.5) is 11.4 Å². The van der Waals surface area contributed by atoms with Crippen molar-refractivity contribution in [2.24, 2.45) is 5.73 Å². The molecule has 1 rings (SSSR count). The molecule has 0 unspecified atom stereocenters. The van der Waals surface area contributed by atoms with Crippen molar-refractivity contribution in [1.29, 1.82) is 0 Å². The van der Waals surface area contributed by atoms with Gasteiger partial charge in [0.1, 0.15) is 0 Å². The highest BCUT2D eigenvalue weighted by molar-refractivity contribution is 5.90. The number of carbonyl (C=O) groups is 1. The Morgan fingerprint density at radius 2 is 2.00 bits per heavy atom. The lowest BCUT2D eigenvalue weighted by Gasteiger charge is -2.05. The SMILES string of the molecule is NCCCCCCC(=O)Nc1cccc([N+](=O)[O-])c1. The molecule has 0 aromatic heterocycles. The van der Waals surface area contributed by atoms with Crippen LogP contribution in [0.2, 0.25) is 0 Å². The largest absolute Gasteiger partial charge is 0.330 e. The molecule has 0 bridgehead atoms. The van der Waals surface area contributed by atoms with E-state index in [1.165, 1.54) is 12.1 Å². The number of amides is 1. The van der Waals surface area contributed by atoms with Gasteiger partial charge in [0.15, 0.2) is 0 Å². The predicted octanol–water partition coefficient (Wildman–Crippen LogP) is 2.44. The molecule has 0 saturated carbocycles. The molecule has 1 aromatic rings. The molecule has 0 atom stereocenters. The fourth-order valence-corrected chi connectivity index (χ4v) is 1.70. The van der Waals surface area contributed by atoms with Crippen LogP contribution < -0.4 is 11.1 Å². The van der Waals surface area contributed by atoms with Crippen LogP contribution in [0.15, 0.2) is 24.3 Å². The van der Waals surface area contributed by atoms with Crippen molar-refractivity contribution in [3.8, 4) is 0 Å². The average molecular weight is 265 g/mol. The Morgan fingerprint density at radius 1 is 1.26 bits per heavy atom. The molecule has 6 heteroatoms. The summed E-state index contributed by atoms with van der Waals surface area (Å²) in [5, 5.41) is 13.3. The first-order valence-electron chi connectivity index (χ1n) is 6.38. The van der Waals surface area contributed by atoms with Gasteiger partial charge in [-0.1, -0.05) is 18.9 Å². The number of non-ortho nitro benzene ring substituents is 1. The summed E-state index contributed by atoms with van der Waals surface area (Å²) in [5.74, 6) is -0.117. The van der Waals surface area contributed by atoms with Gasteiger partial charge in [-0.05, 0) is 25.5 Å². The molecular weight excluding hydrogens is 246 g/mol. The molecule has 0 radical (unpaired) electrons. The molecule has 0 aliphatic rings. The van der Waals surface area contributed by atoms with Crippen LogP contribution in [-0.4, -0.2) is 17.4 Å². The van der Waals surface area contributed by atoms with Crippen LogP contribution in [0, 0.1) is 10.1 Å². The lowest BCUT2D eigenvalue weighted by atomic mass is 10.1. The number of nitro groups is 1. The summed E-state index contributed by atoms with van der Waals surface area (Å²) in [6, 6.07) is 5.93. The second-order valence-electron chi connectivity index (χ2n) is 4.31. The number of hydrogen-bond donors (Lipinski definition) is 2. The minimum Gasteiger partial charge on any atom is -0.330 e. The van der Waals surface area contributed by atoms with Gasteiger partial charge in [0.05, 0.1) is 4.92 Å². The number of hydrogen-bond acceptors (Lipinski definition) is 4. The second kappa shape index (κ2) is 8.20. The van der Waals surface area contributed by atoms with Crippen molar-refractivity contribution in [2.45, 2.75) is 32.1 Å². The van der Waals surface area contributed by atoms with Crippen LogP contribution in [0.3, 0.4) is 0 Å². The van der Waals surface area contributed by atoms with E-state index >= 15 is 0 Å². The van der Waals surface area contributed by atoms with Gasteiger partial charge in [-0.25, -0.2) is 0 Å². The van der Waals surface area contributed by atoms with E-state index in [-0.39, 0.29) is 11.6 Å². The third-order valence-electron chi connectivity index (χ3n) is 2.70. The van der Waals surface area contributed by atoms with Gasteiger partial charge in [-0.15, -0.1) is 0 Å². The van der Waals surface area contributed by atoms with Crippen molar-refractivity contribution in [1.82, 2.24) is 0 Å². The van der Waals surface area contributed by atoms with Crippen molar-refractivity contribution >= 4 is 17.3 Å². The molecule has 0 heterocycles. The maximum Gasteiger partial charge on any atom is 0.271 e. The molecular formula is C13H19N3O3. The van der Waals surface area contributed by atoms with E-state index in [0.29, 0.717) is 18.7 Å². The average Bonchev–Trinajstić information content (AvgIpc) is 2.38. The smallest absolute Gasteiger partial charge is 0.271 e. The van der Waals surface area contributed by atoms with Gasteiger partial charge in [-0.3, -0.25) is 14.9 Å². The summed E-state index contributed by atoms with van der Waals surface area (Å²) in [7, 11) is 0. The number of rotatable bonds is 8. The molecule has 3 N–H and O–H groups in total. The minimum atomic E-state index is -0.484. The zero-order valence-electron chi connectivity index (χ0n) is 10.8. The number of nitrogens with zero attached hydrogens (tertiary/aromatic N) is 1. The Bertz CT molecular complexity index is 435. The van der Waals surface area contributed by atoms with Crippen molar-refractivity contribution in [2.75, 3.05) is 11.9 Å². The third-order valence-corrected chi connectivity index (χ3v) is 2.70. The first kappa shape index (κ1) is 15.1. The quantitative estimate of drug-likeness (QED) is 0.428.